The first kappa shape index (κ1) is 57.2. The summed E-state index contributed by atoms with van der Waals surface area (Å²) in [6.45, 7) is 2.15. The first-order valence-corrected chi connectivity index (χ1v) is 28.5. The van der Waals surface area contributed by atoms with E-state index in [1.54, 1.807) is 26.0 Å². The summed E-state index contributed by atoms with van der Waals surface area (Å²) in [4.78, 5) is 83.9. The third kappa shape index (κ3) is 12.8. The molecule has 30 nitrogen and oxygen atoms in total. The molecule has 0 bridgehead atoms. The number of aliphatic hydroxyl groups excluding tert-OH is 1. The molecule has 0 radical (unpaired) electrons. The van der Waals surface area contributed by atoms with E-state index in [2.05, 4.69) is 44.7 Å². The smallest absolute Gasteiger partial charge is 0.453 e. The van der Waals surface area contributed by atoms with Gasteiger partial charge in [-0.15, -0.1) is 0 Å². The molecule has 1 saturated heterocycles. The number of aromatic nitrogens is 4. The summed E-state index contributed by atoms with van der Waals surface area (Å²) in [5.41, 5.74) is 5.79. The van der Waals surface area contributed by atoms with Crippen molar-refractivity contribution in [3.8, 4) is 22.5 Å². The van der Waals surface area contributed by atoms with E-state index in [0.29, 0.717) is 0 Å². The fraction of sp³-hybridized carbons (Fsp3) is 0.357. The zero-order valence-corrected chi connectivity index (χ0v) is 43.5. The number of imidazole rings is 1. The molecular formula is C42H50N10O20P2S2. The highest BCUT2D eigenvalue weighted by Gasteiger charge is 2.49. The molecule has 3 amide bonds. The Bertz CT molecular complexity index is 3580. The number of aliphatic hydroxyl groups is 1. The maximum absolute atomic E-state index is 14.3. The van der Waals surface area contributed by atoms with Crippen molar-refractivity contribution < 1.29 is 92.0 Å². The summed E-state index contributed by atoms with van der Waals surface area (Å²) in [6.07, 6.45) is -5.37. The number of hydrogen-bond acceptors (Lipinski definition) is 21. The van der Waals surface area contributed by atoms with E-state index in [1.165, 1.54) is 59.2 Å². The summed E-state index contributed by atoms with van der Waals surface area (Å²) >= 11 is 0. The van der Waals surface area contributed by atoms with Crippen LogP contribution in [0.3, 0.4) is 0 Å². The summed E-state index contributed by atoms with van der Waals surface area (Å²) in [5.74, 6) is -1.62. The van der Waals surface area contributed by atoms with Crippen LogP contribution in [0.2, 0.25) is 0 Å². The molecule has 0 saturated carbocycles. The second-order valence-electron chi connectivity index (χ2n) is 16.5. The highest BCUT2D eigenvalue weighted by molar-refractivity contribution is 7.86. The van der Waals surface area contributed by atoms with Gasteiger partial charge >= 0.3 is 21.7 Å². The van der Waals surface area contributed by atoms with Gasteiger partial charge in [-0.1, -0.05) is 18.2 Å². The van der Waals surface area contributed by atoms with Gasteiger partial charge in [-0.25, -0.2) is 28.9 Å². The zero-order chi connectivity index (χ0) is 55.5. The van der Waals surface area contributed by atoms with E-state index in [4.69, 9.17) is 29.4 Å². The Morgan fingerprint density at radius 2 is 1.64 bits per heavy atom. The van der Waals surface area contributed by atoms with Gasteiger partial charge in [0.2, 0.25) is 5.91 Å². The number of carbonyl (C=O) groups is 3. The predicted molar refractivity (Wildman–Crippen MR) is 264 cm³/mol. The molecule has 7 rings (SSSR count). The summed E-state index contributed by atoms with van der Waals surface area (Å²) in [7, 11) is -19.7. The van der Waals surface area contributed by atoms with Crippen LogP contribution in [0, 0.1) is 0 Å². The number of fused-ring (bicyclic) bond motifs is 3. The number of hydrogen-bond donors (Lipinski definition) is 10. The SMILES string of the molecule is CCN=c1ccc2c(-c3ccccc3C(=O)N(C)CCCC(=O)NCCNC(=O)O[C@H]3[C@@H](O)[C@H](n4cnc5c(N)ncnc54)O[C@@H]3COP(=O)(O)OP(=O)(O)O)c3ccc(NCC)c(S(=O)(=O)O)c3oc-2c1S(=O)(=O)O. The molecule has 1 unspecified atom stereocenters. The Hall–Kier alpha value is -6.51. The molecule has 2 aromatic carbocycles. The third-order valence-corrected chi connectivity index (χ3v) is 15.4. The van der Waals surface area contributed by atoms with Crippen molar-refractivity contribution in [2.75, 3.05) is 57.4 Å². The van der Waals surface area contributed by atoms with Gasteiger partial charge in [0, 0.05) is 68.3 Å². The number of nitrogen functional groups attached to an aromatic ring is 1. The lowest BCUT2D eigenvalue weighted by atomic mass is 9.90. The van der Waals surface area contributed by atoms with Gasteiger partial charge in [0.05, 0.1) is 24.0 Å². The molecule has 2 aromatic heterocycles. The Morgan fingerprint density at radius 3 is 2.33 bits per heavy atom. The van der Waals surface area contributed by atoms with Crippen LogP contribution in [0.15, 0.2) is 80.4 Å². The average molecular weight is 1140 g/mol. The fourth-order valence-corrected chi connectivity index (χ4v) is 11.5. The van der Waals surface area contributed by atoms with Crippen molar-refractivity contribution in [3.05, 3.63) is 72.1 Å². The van der Waals surface area contributed by atoms with E-state index in [-0.39, 0.29) is 101 Å². The van der Waals surface area contributed by atoms with Crippen molar-refractivity contribution in [2.45, 2.75) is 61.0 Å². The van der Waals surface area contributed by atoms with Crippen LogP contribution in [0.5, 0.6) is 0 Å². The van der Waals surface area contributed by atoms with Gasteiger partial charge in [0.15, 0.2) is 44.9 Å². The monoisotopic (exact) mass is 1140 g/mol. The molecule has 11 N–H and O–H groups in total. The second-order valence-corrected chi connectivity index (χ2v) is 22.1. The molecular weight excluding hydrogens is 1090 g/mol. The number of nitrogens with two attached hydrogens (primary N) is 1. The van der Waals surface area contributed by atoms with Crippen molar-refractivity contribution in [1.82, 2.24) is 35.1 Å². The number of amides is 3. The van der Waals surface area contributed by atoms with Crippen LogP contribution in [-0.2, 0) is 52.5 Å². The molecule has 34 heteroatoms. The molecule has 1 aliphatic carbocycles. The van der Waals surface area contributed by atoms with Crippen LogP contribution in [0.4, 0.5) is 16.3 Å². The Labute approximate surface area is 431 Å². The van der Waals surface area contributed by atoms with E-state index < -0.39 is 106 Å². The Kier molecular flexibility index (Phi) is 17.3. The first-order chi connectivity index (χ1) is 35.7. The van der Waals surface area contributed by atoms with E-state index in [9.17, 15) is 59.5 Å². The topological polar surface area (TPSA) is 446 Å². The fourth-order valence-electron chi connectivity index (χ4n) is 8.28. The minimum atomic E-state index is -5.52. The summed E-state index contributed by atoms with van der Waals surface area (Å²) < 4.78 is 123. The standard InChI is InChI=1S/C42H50N10O20P2S2/c1-4-44-26-14-12-24-30(25-13-15-27(45-5-2)37(76(65,66)67)34(25)70-33(24)36(26)75(62,63)64)22-9-6-7-10-23(22)40(55)51(3)18-8-11-29(53)46-16-17-47-42(56)71-35-28(19-68-74(60,61)72-73(57,58)59)69-41(32(35)54)52-21-50-31-38(43)48-20-49-39(31)52/h6-7,9-10,12-15,20-21,28,32,35,41,44,54H,4-5,8,11,16-19H2,1-3H3,(H,46,53)(H,47,56)(H,60,61)(H2,43,48,49)(H2,57,58,59)(H,62,63,64)(H,65,66,67)/t28-,32-,35-,41-/m1/s1. The number of ether oxygens (including phenoxy) is 2. The van der Waals surface area contributed by atoms with Gasteiger partial charge in [-0.3, -0.25) is 32.8 Å². The van der Waals surface area contributed by atoms with Crippen molar-refractivity contribution in [1.29, 1.82) is 0 Å². The summed E-state index contributed by atoms with van der Waals surface area (Å²) in [5, 5.41) is 18.9. The number of carbonyl (C=O) groups excluding carboxylic acids is 3. The zero-order valence-electron chi connectivity index (χ0n) is 40.1. The highest BCUT2D eigenvalue weighted by Crippen LogP contribution is 2.58. The highest BCUT2D eigenvalue weighted by atomic mass is 32.2. The van der Waals surface area contributed by atoms with Crippen molar-refractivity contribution in [3.63, 3.8) is 0 Å². The molecule has 1 fully saturated rings. The van der Waals surface area contributed by atoms with Crippen LogP contribution in [-0.4, -0.2) is 153 Å². The molecule has 4 aromatic rings. The molecule has 76 heavy (non-hydrogen) atoms. The minimum Gasteiger partial charge on any atom is -0.453 e. The minimum absolute atomic E-state index is 0.00849. The Balaban J connectivity index is 1.02. The number of nitrogens with zero attached hydrogens (tertiary/aromatic N) is 6. The average Bonchev–Trinajstić information content (AvgIpc) is 3.90. The van der Waals surface area contributed by atoms with Gasteiger partial charge in [-0.2, -0.15) is 21.1 Å². The quantitative estimate of drug-likeness (QED) is 0.0213. The van der Waals surface area contributed by atoms with Gasteiger partial charge in [0.25, 0.3) is 26.1 Å². The number of alkyl carbamates (subject to hydrolysis) is 1. The first-order valence-electron chi connectivity index (χ1n) is 22.6. The second kappa shape index (κ2) is 23.0. The van der Waals surface area contributed by atoms with E-state index in [0.717, 1.165) is 6.33 Å². The van der Waals surface area contributed by atoms with Crippen molar-refractivity contribution in [2.24, 2.45) is 4.99 Å². The number of anilines is 2. The van der Waals surface area contributed by atoms with Crippen LogP contribution in [0.1, 0.15) is 43.3 Å². The number of nitrogens with one attached hydrogen (secondary N) is 3. The number of benzene rings is 3. The third-order valence-electron chi connectivity index (χ3n) is 11.4. The molecule has 3 aliphatic rings. The maximum atomic E-state index is 14.3. The number of rotatable bonds is 21. The van der Waals surface area contributed by atoms with E-state index >= 15 is 0 Å². The molecule has 2 aliphatic heterocycles. The van der Waals surface area contributed by atoms with Gasteiger partial charge in [0.1, 0.15) is 24.1 Å². The predicted octanol–water partition coefficient (Wildman–Crippen LogP) is 2.02. The lowest BCUT2D eigenvalue weighted by molar-refractivity contribution is -0.121. The molecule has 5 atom stereocenters. The maximum Gasteiger partial charge on any atom is 0.481 e. The lowest BCUT2D eigenvalue weighted by Gasteiger charge is -2.23. The lowest BCUT2D eigenvalue weighted by Crippen LogP contribution is -2.42. The normalized spacial score (nSPS) is 18.2. The van der Waals surface area contributed by atoms with Gasteiger partial charge < -0.3 is 60.3 Å². The molecule has 4 heterocycles. The van der Waals surface area contributed by atoms with Crippen LogP contribution in [0.25, 0.3) is 44.6 Å². The van der Waals surface area contributed by atoms with Crippen LogP contribution >= 0.6 is 15.6 Å². The van der Waals surface area contributed by atoms with E-state index in [1.807, 2.05) is 0 Å². The van der Waals surface area contributed by atoms with Crippen molar-refractivity contribution >= 4 is 87.4 Å². The van der Waals surface area contributed by atoms with Crippen LogP contribution < -0.4 is 27.0 Å². The summed E-state index contributed by atoms with van der Waals surface area (Å²) in [6, 6.07) is 11.7. The Morgan fingerprint density at radius 1 is 0.934 bits per heavy atom. The largest absolute Gasteiger partial charge is 0.481 e. The number of phosphoric ester groups is 1. The van der Waals surface area contributed by atoms with Gasteiger partial charge in [-0.05, 0) is 56.2 Å². The molecule has 410 valence electrons. The molecule has 0 spiro atoms. The number of phosphoric acid groups is 2.